The first-order valence-corrected chi connectivity index (χ1v) is 5.57. The van der Waals surface area contributed by atoms with E-state index in [1.165, 1.54) is 12.3 Å². The van der Waals surface area contributed by atoms with Crippen LogP contribution in [0.2, 0.25) is 5.02 Å². The Bertz CT molecular complexity index is 635. The van der Waals surface area contributed by atoms with Crippen LogP contribution >= 0.6 is 11.6 Å². The van der Waals surface area contributed by atoms with Crippen LogP contribution in [0.5, 0.6) is 0 Å². The number of hydrogen-bond donors (Lipinski definition) is 2. The van der Waals surface area contributed by atoms with Crippen molar-refractivity contribution in [2.45, 2.75) is 13.8 Å². The molecule has 0 aliphatic rings. The van der Waals surface area contributed by atoms with E-state index in [0.29, 0.717) is 16.5 Å². The van der Waals surface area contributed by atoms with Gasteiger partial charge in [-0.3, -0.25) is 4.79 Å². The van der Waals surface area contributed by atoms with Gasteiger partial charge in [0.25, 0.3) is 5.91 Å². The van der Waals surface area contributed by atoms with E-state index in [2.05, 4.69) is 10.1 Å². The second-order valence-electron chi connectivity index (χ2n) is 3.89. The van der Waals surface area contributed by atoms with Gasteiger partial charge < -0.3 is 11.5 Å². The van der Waals surface area contributed by atoms with Gasteiger partial charge in [-0.15, -0.1) is 0 Å². The molecule has 94 valence electrons. The Balaban J connectivity index is 2.61. The van der Waals surface area contributed by atoms with Gasteiger partial charge in [0.2, 0.25) is 0 Å². The normalized spacial score (nSPS) is 10.6. The van der Waals surface area contributed by atoms with E-state index in [9.17, 15) is 4.79 Å². The molecule has 0 atom stereocenters. The van der Waals surface area contributed by atoms with E-state index < -0.39 is 5.91 Å². The van der Waals surface area contributed by atoms with Gasteiger partial charge in [-0.05, 0) is 19.9 Å². The van der Waals surface area contributed by atoms with Crippen LogP contribution in [-0.4, -0.2) is 20.7 Å². The van der Waals surface area contributed by atoms with E-state index in [1.54, 1.807) is 11.6 Å². The predicted molar refractivity (Wildman–Crippen MR) is 68.8 cm³/mol. The Hall–Kier alpha value is -2.08. The number of hydrogen-bond acceptors (Lipinski definition) is 4. The number of amides is 1. The van der Waals surface area contributed by atoms with E-state index in [0.717, 1.165) is 5.69 Å². The highest BCUT2D eigenvalue weighted by molar-refractivity contribution is 6.31. The number of carbonyl (C=O) groups is 1. The molecule has 0 radical (unpaired) electrons. The summed E-state index contributed by atoms with van der Waals surface area (Å²) in [5.41, 5.74) is 12.7. The first-order valence-electron chi connectivity index (χ1n) is 5.19. The average molecular weight is 266 g/mol. The Kier molecular flexibility index (Phi) is 2.96. The fourth-order valence-corrected chi connectivity index (χ4v) is 1.75. The Morgan fingerprint density at radius 1 is 1.44 bits per heavy atom. The maximum absolute atomic E-state index is 11.2. The first-order chi connectivity index (χ1) is 8.41. The number of carbonyl (C=O) groups excluding carboxylic acids is 1. The number of nitrogen functional groups attached to an aromatic ring is 1. The SMILES string of the molecule is Cc1nn(-c2cc(C(N)=O)c(N)cn2)c(C)c1Cl. The number of halogens is 1. The molecule has 0 saturated heterocycles. The van der Waals surface area contributed by atoms with Gasteiger partial charge in [0, 0.05) is 0 Å². The van der Waals surface area contributed by atoms with Crippen molar-refractivity contribution in [2.75, 3.05) is 5.73 Å². The third kappa shape index (κ3) is 1.91. The molecular formula is C11H12ClN5O. The standard InChI is InChI=1S/C11H12ClN5O/c1-5-10(12)6(2)17(16-5)9-3-7(11(14)18)8(13)4-15-9/h3-4H,13H2,1-2H3,(H2,14,18). The summed E-state index contributed by atoms with van der Waals surface area (Å²) in [4.78, 5) is 15.3. The molecule has 2 heterocycles. The fourth-order valence-electron chi connectivity index (χ4n) is 1.63. The fraction of sp³-hybridized carbons (Fsp3) is 0.182. The van der Waals surface area contributed by atoms with E-state index in [4.69, 9.17) is 23.1 Å². The number of aryl methyl sites for hydroxylation is 1. The molecule has 2 rings (SSSR count). The summed E-state index contributed by atoms with van der Waals surface area (Å²) >= 11 is 6.05. The van der Waals surface area contributed by atoms with Gasteiger partial charge in [0.05, 0.1) is 33.9 Å². The predicted octanol–water partition coefficient (Wildman–Crippen LogP) is 1.22. The summed E-state index contributed by atoms with van der Waals surface area (Å²) in [6, 6.07) is 1.49. The molecule has 0 bridgehead atoms. The van der Waals surface area contributed by atoms with Gasteiger partial charge in [-0.2, -0.15) is 5.10 Å². The minimum Gasteiger partial charge on any atom is -0.397 e. The van der Waals surface area contributed by atoms with Crippen LogP contribution in [0, 0.1) is 13.8 Å². The molecule has 0 unspecified atom stereocenters. The molecule has 4 N–H and O–H groups in total. The molecule has 0 aliphatic heterocycles. The summed E-state index contributed by atoms with van der Waals surface area (Å²) in [5, 5.41) is 4.80. The highest BCUT2D eigenvalue weighted by Crippen LogP contribution is 2.22. The second kappa shape index (κ2) is 4.30. The summed E-state index contributed by atoms with van der Waals surface area (Å²) in [6.45, 7) is 3.60. The number of aromatic nitrogens is 3. The Morgan fingerprint density at radius 2 is 2.11 bits per heavy atom. The summed E-state index contributed by atoms with van der Waals surface area (Å²) in [6.07, 6.45) is 1.37. The minimum absolute atomic E-state index is 0.212. The molecule has 1 amide bonds. The molecule has 7 heteroatoms. The molecule has 0 saturated carbocycles. The van der Waals surface area contributed by atoms with Gasteiger partial charge in [0.1, 0.15) is 0 Å². The maximum atomic E-state index is 11.2. The third-order valence-electron chi connectivity index (χ3n) is 2.61. The zero-order valence-corrected chi connectivity index (χ0v) is 10.7. The lowest BCUT2D eigenvalue weighted by atomic mass is 10.2. The van der Waals surface area contributed by atoms with E-state index in [1.807, 2.05) is 6.92 Å². The second-order valence-corrected chi connectivity index (χ2v) is 4.27. The van der Waals surface area contributed by atoms with Crippen molar-refractivity contribution in [2.24, 2.45) is 5.73 Å². The van der Waals surface area contributed by atoms with Crippen molar-refractivity contribution in [1.82, 2.24) is 14.8 Å². The maximum Gasteiger partial charge on any atom is 0.250 e. The van der Waals surface area contributed by atoms with Crippen molar-refractivity contribution in [1.29, 1.82) is 0 Å². The van der Waals surface area contributed by atoms with Crippen LogP contribution in [0.3, 0.4) is 0 Å². The Morgan fingerprint density at radius 3 is 2.61 bits per heavy atom. The minimum atomic E-state index is -0.608. The molecule has 18 heavy (non-hydrogen) atoms. The average Bonchev–Trinajstić information content (AvgIpc) is 2.57. The largest absolute Gasteiger partial charge is 0.397 e. The molecule has 0 aromatic carbocycles. The molecule has 0 fully saturated rings. The lowest BCUT2D eigenvalue weighted by Crippen LogP contribution is -2.15. The number of nitrogens with two attached hydrogens (primary N) is 2. The van der Waals surface area contributed by atoms with Gasteiger partial charge in [-0.1, -0.05) is 11.6 Å². The van der Waals surface area contributed by atoms with Gasteiger partial charge >= 0.3 is 0 Å². The van der Waals surface area contributed by atoms with Crippen molar-refractivity contribution in [3.05, 3.63) is 34.2 Å². The zero-order chi connectivity index (χ0) is 13.4. The van der Waals surface area contributed by atoms with Gasteiger partial charge in [-0.25, -0.2) is 9.67 Å². The van der Waals surface area contributed by atoms with Crippen LogP contribution in [0.1, 0.15) is 21.7 Å². The number of nitrogens with zero attached hydrogens (tertiary/aromatic N) is 3. The van der Waals surface area contributed by atoms with Crippen LogP contribution in [0.15, 0.2) is 12.3 Å². The topological polar surface area (TPSA) is 99.8 Å². The molecule has 0 aliphatic carbocycles. The number of primary amides is 1. The van der Waals surface area contributed by atoms with Crippen molar-refractivity contribution in [3.8, 4) is 5.82 Å². The van der Waals surface area contributed by atoms with Crippen LogP contribution in [0.25, 0.3) is 5.82 Å². The summed E-state index contributed by atoms with van der Waals surface area (Å²) < 4.78 is 1.55. The summed E-state index contributed by atoms with van der Waals surface area (Å²) in [7, 11) is 0. The summed E-state index contributed by atoms with van der Waals surface area (Å²) in [5.74, 6) is -0.158. The van der Waals surface area contributed by atoms with Crippen molar-refractivity contribution >= 4 is 23.2 Å². The lowest BCUT2D eigenvalue weighted by Gasteiger charge is -2.06. The van der Waals surface area contributed by atoms with Crippen LogP contribution in [-0.2, 0) is 0 Å². The van der Waals surface area contributed by atoms with E-state index in [-0.39, 0.29) is 11.3 Å². The van der Waals surface area contributed by atoms with Crippen LogP contribution in [0.4, 0.5) is 5.69 Å². The number of anilines is 1. The highest BCUT2D eigenvalue weighted by Gasteiger charge is 2.14. The highest BCUT2D eigenvalue weighted by atomic mass is 35.5. The third-order valence-corrected chi connectivity index (χ3v) is 3.15. The number of pyridine rings is 1. The zero-order valence-electron chi connectivity index (χ0n) is 9.94. The Labute approximate surface area is 109 Å². The van der Waals surface area contributed by atoms with Crippen LogP contribution < -0.4 is 11.5 Å². The van der Waals surface area contributed by atoms with E-state index >= 15 is 0 Å². The quantitative estimate of drug-likeness (QED) is 0.852. The van der Waals surface area contributed by atoms with Gasteiger partial charge in [0.15, 0.2) is 5.82 Å². The first kappa shape index (κ1) is 12.4. The molecular weight excluding hydrogens is 254 g/mol. The smallest absolute Gasteiger partial charge is 0.250 e. The molecule has 6 nitrogen and oxygen atoms in total. The monoisotopic (exact) mass is 265 g/mol. The lowest BCUT2D eigenvalue weighted by molar-refractivity contribution is 0.100. The van der Waals surface area contributed by atoms with Crippen molar-refractivity contribution < 1.29 is 4.79 Å². The van der Waals surface area contributed by atoms with Crippen molar-refractivity contribution in [3.63, 3.8) is 0 Å². The number of rotatable bonds is 2. The molecule has 2 aromatic rings. The molecule has 2 aromatic heterocycles. The molecule has 0 spiro atoms.